The molecule has 0 fully saturated rings. The van der Waals surface area contributed by atoms with Gasteiger partial charge in [0.25, 0.3) is 12.3 Å². The molecule has 19 heavy (non-hydrogen) atoms. The summed E-state index contributed by atoms with van der Waals surface area (Å²) in [5, 5.41) is 0. The van der Waals surface area contributed by atoms with Gasteiger partial charge in [-0.25, -0.2) is 13.2 Å². The number of hydrogen-bond donors (Lipinski definition) is 1. The molecule has 0 spiro atoms. The summed E-state index contributed by atoms with van der Waals surface area (Å²) in [7, 11) is 1.23. The molecule has 0 unspecified atom stereocenters. The summed E-state index contributed by atoms with van der Waals surface area (Å²) < 4.78 is 37.9. The third-order valence-electron chi connectivity index (χ3n) is 2.30. The third-order valence-corrected chi connectivity index (χ3v) is 2.30. The van der Waals surface area contributed by atoms with Gasteiger partial charge in [0, 0.05) is 12.6 Å². The SMILES string of the molecule is CN(CC(F)F)C(=O)c1ccc(C#CCN)c(F)c1. The van der Waals surface area contributed by atoms with Crippen LogP contribution in [0.4, 0.5) is 13.2 Å². The van der Waals surface area contributed by atoms with Crippen LogP contribution in [0.2, 0.25) is 0 Å². The van der Waals surface area contributed by atoms with Crippen LogP contribution in [-0.2, 0) is 0 Å². The van der Waals surface area contributed by atoms with Crippen molar-refractivity contribution in [2.45, 2.75) is 6.43 Å². The van der Waals surface area contributed by atoms with Gasteiger partial charge < -0.3 is 10.6 Å². The van der Waals surface area contributed by atoms with E-state index in [9.17, 15) is 18.0 Å². The maximum atomic E-state index is 13.6. The highest BCUT2D eigenvalue weighted by Gasteiger charge is 2.16. The van der Waals surface area contributed by atoms with Gasteiger partial charge in [0.05, 0.1) is 18.7 Å². The smallest absolute Gasteiger partial charge is 0.255 e. The molecular formula is C13H13F3N2O. The fourth-order valence-electron chi connectivity index (χ4n) is 1.41. The van der Waals surface area contributed by atoms with Gasteiger partial charge >= 0.3 is 0 Å². The standard InChI is InChI=1S/C13H13F3N2O/c1-18(8-12(15)16)13(19)10-5-4-9(3-2-6-17)11(14)7-10/h4-5,7,12H,6,8,17H2,1H3. The molecule has 0 radical (unpaired) electrons. The summed E-state index contributed by atoms with van der Waals surface area (Å²) in [5.74, 6) is 3.64. The van der Waals surface area contributed by atoms with E-state index in [0.29, 0.717) is 0 Å². The van der Waals surface area contributed by atoms with Gasteiger partial charge in [-0.15, -0.1) is 0 Å². The molecule has 102 valence electrons. The van der Waals surface area contributed by atoms with E-state index in [1.54, 1.807) is 0 Å². The van der Waals surface area contributed by atoms with Crippen molar-refractivity contribution in [1.29, 1.82) is 0 Å². The Morgan fingerprint density at radius 1 is 1.47 bits per heavy atom. The normalized spacial score (nSPS) is 10.0. The van der Waals surface area contributed by atoms with Crippen molar-refractivity contribution in [2.24, 2.45) is 5.73 Å². The molecule has 0 aliphatic rings. The molecule has 0 aromatic heterocycles. The maximum Gasteiger partial charge on any atom is 0.255 e. The molecule has 6 heteroatoms. The van der Waals surface area contributed by atoms with Gasteiger partial charge in [0.1, 0.15) is 5.82 Å². The largest absolute Gasteiger partial charge is 0.336 e. The van der Waals surface area contributed by atoms with E-state index in [-0.39, 0.29) is 17.7 Å². The number of amides is 1. The van der Waals surface area contributed by atoms with E-state index in [1.807, 2.05) is 0 Å². The van der Waals surface area contributed by atoms with Gasteiger partial charge in [-0.2, -0.15) is 0 Å². The summed E-state index contributed by atoms with van der Waals surface area (Å²) in [5.41, 5.74) is 5.27. The van der Waals surface area contributed by atoms with E-state index in [0.717, 1.165) is 11.0 Å². The predicted octanol–water partition coefficient (Wildman–Crippen LogP) is 1.47. The van der Waals surface area contributed by atoms with E-state index >= 15 is 0 Å². The fourth-order valence-corrected chi connectivity index (χ4v) is 1.41. The minimum Gasteiger partial charge on any atom is -0.336 e. The summed E-state index contributed by atoms with van der Waals surface area (Å²) >= 11 is 0. The average Bonchev–Trinajstić information content (AvgIpc) is 2.35. The van der Waals surface area contributed by atoms with Crippen LogP contribution in [0.25, 0.3) is 0 Å². The molecule has 1 amide bonds. The first-order valence-corrected chi connectivity index (χ1v) is 5.47. The van der Waals surface area contributed by atoms with Crippen molar-refractivity contribution in [2.75, 3.05) is 20.1 Å². The Morgan fingerprint density at radius 2 is 2.16 bits per heavy atom. The Balaban J connectivity index is 2.91. The molecule has 0 atom stereocenters. The summed E-state index contributed by atoms with van der Waals surface area (Å²) in [4.78, 5) is 12.6. The minimum atomic E-state index is -2.63. The highest BCUT2D eigenvalue weighted by Crippen LogP contribution is 2.12. The Bertz CT molecular complexity index is 520. The van der Waals surface area contributed by atoms with E-state index < -0.39 is 24.7 Å². The molecule has 0 saturated carbocycles. The lowest BCUT2D eigenvalue weighted by atomic mass is 10.1. The quantitative estimate of drug-likeness (QED) is 0.845. The number of rotatable bonds is 3. The lowest BCUT2D eigenvalue weighted by Crippen LogP contribution is -2.31. The molecule has 0 bridgehead atoms. The number of benzene rings is 1. The van der Waals surface area contributed by atoms with E-state index in [4.69, 9.17) is 5.73 Å². The molecule has 0 aliphatic carbocycles. The van der Waals surface area contributed by atoms with Crippen molar-refractivity contribution in [3.05, 3.63) is 35.1 Å². The van der Waals surface area contributed by atoms with Crippen LogP contribution in [0.15, 0.2) is 18.2 Å². The van der Waals surface area contributed by atoms with E-state index in [2.05, 4.69) is 11.8 Å². The van der Waals surface area contributed by atoms with Crippen molar-refractivity contribution in [3.63, 3.8) is 0 Å². The molecule has 0 aliphatic heterocycles. The summed E-state index contributed by atoms with van der Waals surface area (Å²) in [6.45, 7) is -0.605. The predicted molar refractivity (Wildman–Crippen MR) is 65.3 cm³/mol. The van der Waals surface area contributed by atoms with Crippen LogP contribution in [0.1, 0.15) is 15.9 Å². The third kappa shape index (κ3) is 4.30. The lowest BCUT2D eigenvalue weighted by molar-refractivity contribution is 0.0620. The summed E-state index contributed by atoms with van der Waals surface area (Å²) in [6, 6.07) is 3.64. The first-order chi connectivity index (χ1) is 8.95. The molecule has 1 rings (SSSR count). The highest BCUT2D eigenvalue weighted by atomic mass is 19.3. The molecule has 0 heterocycles. The number of carbonyl (C=O) groups is 1. The second-order valence-electron chi connectivity index (χ2n) is 3.78. The molecule has 1 aromatic rings. The van der Waals surface area contributed by atoms with Gasteiger partial charge in [-0.05, 0) is 18.2 Å². The number of hydrogen-bond acceptors (Lipinski definition) is 2. The second-order valence-corrected chi connectivity index (χ2v) is 3.78. The fraction of sp³-hybridized carbons (Fsp3) is 0.308. The Labute approximate surface area is 109 Å². The molecule has 1 aromatic carbocycles. The zero-order valence-electron chi connectivity index (χ0n) is 10.3. The van der Waals surface area contributed by atoms with Crippen LogP contribution < -0.4 is 5.73 Å². The topological polar surface area (TPSA) is 46.3 Å². The van der Waals surface area contributed by atoms with Crippen LogP contribution in [0.3, 0.4) is 0 Å². The Hall–Kier alpha value is -2.00. The number of nitrogens with zero attached hydrogens (tertiary/aromatic N) is 1. The van der Waals surface area contributed by atoms with Crippen molar-refractivity contribution in [3.8, 4) is 11.8 Å². The van der Waals surface area contributed by atoms with Crippen molar-refractivity contribution >= 4 is 5.91 Å². The second kappa shape index (κ2) is 6.81. The average molecular weight is 270 g/mol. The van der Waals surface area contributed by atoms with Crippen molar-refractivity contribution < 1.29 is 18.0 Å². The van der Waals surface area contributed by atoms with Gasteiger partial charge in [-0.1, -0.05) is 11.8 Å². The van der Waals surface area contributed by atoms with Crippen LogP contribution in [0.5, 0.6) is 0 Å². The summed E-state index contributed by atoms with van der Waals surface area (Å²) in [6.07, 6.45) is -2.63. The number of halogens is 3. The van der Waals surface area contributed by atoms with Crippen LogP contribution >= 0.6 is 0 Å². The van der Waals surface area contributed by atoms with Gasteiger partial charge in [0.15, 0.2) is 0 Å². The highest BCUT2D eigenvalue weighted by molar-refractivity contribution is 5.94. The first kappa shape index (κ1) is 15.1. The zero-order valence-corrected chi connectivity index (χ0v) is 10.3. The molecule has 2 N–H and O–H groups in total. The molecular weight excluding hydrogens is 257 g/mol. The van der Waals surface area contributed by atoms with Crippen LogP contribution in [-0.4, -0.2) is 37.4 Å². The van der Waals surface area contributed by atoms with Gasteiger partial charge in [0.2, 0.25) is 0 Å². The minimum absolute atomic E-state index is 0.000974. The van der Waals surface area contributed by atoms with Crippen molar-refractivity contribution in [1.82, 2.24) is 4.90 Å². The Kier molecular flexibility index (Phi) is 5.39. The zero-order chi connectivity index (χ0) is 14.4. The van der Waals surface area contributed by atoms with Gasteiger partial charge in [-0.3, -0.25) is 4.79 Å². The lowest BCUT2D eigenvalue weighted by Gasteiger charge is -2.16. The van der Waals surface area contributed by atoms with Crippen LogP contribution in [0, 0.1) is 17.7 Å². The first-order valence-electron chi connectivity index (χ1n) is 5.47. The monoisotopic (exact) mass is 270 g/mol. The number of nitrogens with two attached hydrogens (primary N) is 1. The molecule has 0 saturated heterocycles. The number of carbonyl (C=O) groups excluding carboxylic acids is 1. The number of alkyl halides is 2. The molecule has 3 nitrogen and oxygen atoms in total. The van der Waals surface area contributed by atoms with E-state index in [1.165, 1.54) is 19.2 Å². The maximum absolute atomic E-state index is 13.6. The Morgan fingerprint density at radius 3 is 2.68 bits per heavy atom.